The van der Waals surface area contributed by atoms with E-state index in [0.29, 0.717) is 12.0 Å². The molecule has 0 aliphatic carbocycles. The molecule has 1 aliphatic rings. The van der Waals surface area contributed by atoms with Gasteiger partial charge >= 0.3 is 40.5 Å². The average molecular weight is 493 g/mol. The Hall–Kier alpha value is -0.0825. The van der Waals surface area contributed by atoms with E-state index in [1.165, 1.54) is 0 Å². The van der Waals surface area contributed by atoms with Crippen LogP contribution in [0.15, 0.2) is 12.2 Å². The van der Waals surface area contributed by atoms with Crippen LogP contribution in [-0.2, 0) is 25.7 Å². The van der Waals surface area contributed by atoms with Crippen molar-refractivity contribution < 1.29 is 25.7 Å². The fourth-order valence-corrected chi connectivity index (χ4v) is 26.3. The van der Waals surface area contributed by atoms with Gasteiger partial charge in [0.25, 0.3) is 0 Å². The molecule has 1 aliphatic heterocycles. The zero-order valence-electron chi connectivity index (χ0n) is 21.0. The Morgan fingerprint density at radius 1 is 0.833 bits per heavy atom. The zero-order valence-corrected chi connectivity index (χ0v) is 25.0. The summed E-state index contributed by atoms with van der Waals surface area (Å²) in [6.07, 6.45) is 2.50. The van der Waals surface area contributed by atoms with E-state index in [-0.39, 0.29) is 16.6 Å². The second kappa shape index (κ2) is 10.2. The zero-order chi connectivity index (χ0) is 23.5. The first-order valence-corrected chi connectivity index (χ1v) is 20.6. The van der Waals surface area contributed by atoms with Crippen LogP contribution >= 0.6 is 0 Å². The van der Waals surface area contributed by atoms with Crippen LogP contribution in [0.2, 0.25) is 42.8 Å². The summed E-state index contributed by atoms with van der Waals surface area (Å²) < 4.78 is 33.2. The highest BCUT2D eigenvalue weighted by Gasteiger charge is 2.64. The van der Waals surface area contributed by atoms with Crippen LogP contribution < -0.4 is 0 Å². The molecule has 1 rings (SSSR count). The Balaban J connectivity index is 3.52. The molecule has 1 unspecified atom stereocenters. The topological polar surface area (TPSA) is 63.2 Å². The minimum absolute atomic E-state index is 0.119. The summed E-state index contributed by atoms with van der Waals surface area (Å²) in [5.41, 5.74) is 0.640. The van der Waals surface area contributed by atoms with Crippen molar-refractivity contribution in [3.8, 4) is 0 Å². The van der Waals surface area contributed by atoms with E-state index in [4.69, 9.17) is 20.9 Å². The van der Waals surface area contributed by atoms with Gasteiger partial charge in [0, 0.05) is 11.1 Å². The molecular formula is C20H44O6Si4. The van der Waals surface area contributed by atoms with Crippen molar-refractivity contribution in [2.24, 2.45) is 0 Å². The van der Waals surface area contributed by atoms with Crippen molar-refractivity contribution in [3.63, 3.8) is 0 Å². The van der Waals surface area contributed by atoms with Gasteiger partial charge in [0.15, 0.2) is 0 Å². The molecule has 0 N–H and O–H groups in total. The largest absolute Gasteiger partial charge is 0.553 e. The van der Waals surface area contributed by atoms with E-state index >= 15 is 0 Å². The van der Waals surface area contributed by atoms with E-state index in [1.807, 2.05) is 26.9 Å². The predicted octanol–water partition coefficient (Wildman–Crippen LogP) is 6.37. The summed E-state index contributed by atoms with van der Waals surface area (Å²) in [6.45, 7) is 26.6. The Kier molecular flexibility index (Phi) is 9.54. The van der Waals surface area contributed by atoms with E-state index < -0.39 is 40.5 Å². The lowest BCUT2D eigenvalue weighted by Gasteiger charge is -2.52. The molecule has 0 radical (unpaired) electrons. The molecule has 30 heavy (non-hydrogen) atoms. The van der Waals surface area contributed by atoms with Crippen molar-refractivity contribution in [2.45, 2.75) is 111 Å². The van der Waals surface area contributed by atoms with Crippen molar-refractivity contribution in [2.75, 3.05) is 0 Å². The van der Waals surface area contributed by atoms with Gasteiger partial charge in [0.05, 0.1) is 0 Å². The quantitative estimate of drug-likeness (QED) is 0.290. The number of hydrogen-bond donors (Lipinski definition) is 0. The first-order valence-electron chi connectivity index (χ1n) is 11.2. The Bertz CT molecular complexity index is 612. The molecule has 0 aromatic rings. The number of carbonyl (C=O) groups is 1. The van der Waals surface area contributed by atoms with Crippen molar-refractivity contribution in [1.29, 1.82) is 0 Å². The van der Waals surface area contributed by atoms with E-state index in [2.05, 4.69) is 54.3 Å². The molecule has 1 atom stereocenters. The number of hydrogen-bond acceptors (Lipinski definition) is 6. The molecular weight excluding hydrogens is 449 g/mol. The highest BCUT2D eigenvalue weighted by molar-refractivity contribution is 6.93. The first-order chi connectivity index (χ1) is 13.5. The molecule has 0 spiro atoms. The molecule has 0 amide bonds. The second-order valence-corrected chi connectivity index (χ2v) is 25.3. The standard InChI is InChI=1S/C20H44O6Si4/c1-13-14-15-19(8)20(21)22-30(18(6)7)25-28(11,12)23-27(9,10)24-29(26-30,16(2)3)17(4)5/h16-18H,8,13-15H2,1-7,9-12H3. The fourth-order valence-electron chi connectivity index (χ4n) is 3.85. The van der Waals surface area contributed by atoms with Crippen LogP contribution in [0.4, 0.5) is 0 Å². The van der Waals surface area contributed by atoms with Gasteiger partial charge in [-0.05, 0) is 50.1 Å². The normalized spacial score (nSPS) is 25.8. The Morgan fingerprint density at radius 3 is 1.77 bits per heavy atom. The molecule has 1 heterocycles. The third-order valence-corrected chi connectivity index (χ3v) is 23.1. The van der Waals surface area contributed by atoms with Crippen LogP contribution in [0.5, 0.6) is 0 Å². The van der Waals surface area contributed by atoms with Crippen LogP contribution in [-0.4, -0.2) is 40.5 Å². The smallest absolute Gasteiger partial charge is 0.471 e. The molecule has 1 saturated heterocycles. The molecule has 0 aromatic carbocycles. The lowest BCUT2D eigenvalue weighted by atomic mass is 10.1. The van der Waals surface area contributed by atoms with Gasteiger partial charge in [-0.25, -0.2) is 4.79 Å². The lowest BCUT2D eigenvalue weighted by molar-refractivity contribution is -0.134. The average Bonchev–Trinajstić information content (AvgIpc) is 2.55. The third-order valence-electron chi connectivity index (χ3n) is 5.26. The van der Waals surface area contributed by atoms with E-state index in [0.717, 1.165) is 12.8 Å². The monoisotopic (exact) mass is 492 g/mol. The van der Waals surface area contributed by atoms with E-state index in [9.17, 15) is 4.79 Å². The molecule has 0 aromatic heterocycles. The summed E-state index contributed by atoms with van der Waals surface area (Å²) in [4.78, 5) is 13.0. The maximum absolute atomic E-state index is 13.0. The summed E-state index contributed by atoms with van der Waals surface area (Å²) in [5, 5.41) is 0. The molecule has 0 saturated carbocycles. The number of carbonyl (C=O) groups excluding carboxylic acids is 1. The molecule has 0 bridgehead atoms. The molecule has 176 valence electrons. The van der Waals surface area contributed by atoms with Gasteiger partial charge in [-0.15, -0.1) is 0 Å². The van der Waals surface area contributed by atoms with Gasteiger partial charge in [-0.1, -0.05) is 61.5 Å². The van der Waals surface area contributed by atoms with Crippen LogP contribution in [0.25, 0.3) is 0 Å². The van der Waals surface area contributed by atoms with Crippen molar-refractivity contribution in [1.82, 2.24) is 0 Å². The van der Waals surface area contributed by atoms with Gasteiger partial charge in [0.2, 0.25) is 0 Å². The minimum atomic E-state index is -3.48. The van der Waals surface area contributed by atoms with Gasteiger partial charge in [-0.3, -0.25) is 0 Å². The summed E-state index contributed by atoms with van der Waals surface area (Å²) in [6, 6.07) is 0. The molecule has 10 heteroatoms. The second-order valence-electron chi connectivity index (χ2n) is 10.1. The SMILES string of the molecule is C=C(CCCC)C(=O)O[Si]1(C(C)C)O[Si](C)(C)O[Si](C)(C)O[Si](C(C)C)(C(C)C)O1. The van der Waals surface area contributed by atoms with E-state index in [1.54, 1.807) is 0 Å². The van der Waals surface area contributed by atoms with Crippen molar-refractivity contribution in [3.05, 3.63) is 12.2 Å². The number of rotatable bonds is 8. The van der Waals surface area contributed by atoms with Crippen LogP contribution in [0.3, 0.4) is 0 Å². The maximum Gasteiger partial charge on any atom is 0.553 e. The summed E-state index contributed by atoms with van der Waals surface area (Å²) >= 11 is 0. The highest BCUT2D eigenvalue weighted by atomic mass is 28.5. The van der Waals surface area contributed by atoms with Crippen LogP contribution in [0, 0.1) is 0 Å². The lowest BCUT2D eigenvalue weighted by Crippen LogP contribution is -2.71. The first kappa shape index (κ1) is 28.0. The minimum Gasteiger partial charge on any atom is -0.471 e. The van der Waals surface area contributed by atoms with Gasteiger partial charge in [0.1, 0.15) is 0 Å². The van der Waals surface area contributed by atoms with Crippen molar-refractivity contribution >= 4 is 40.5 Å². The maximum atomic E-state index is 13.0. The fraction of sp³-hybridized carbons (Fsp3) is 0.850. The molecule has 1 fully saturated rings. The Morgan fingerprint density at radius 2 is 1.33 bits per heavy atom. The molecule has 6 nitrogen and oxygen atoms in total. The van der Waals surface area contributed by atoms with Gasteiger partial charge < -0.3 is 20.9 Å². The van der Waals surface area contributed by atoms with Crippen LogP contribution in [0.1, 0.15) is 67.7 Å². The van der Waals surface area contributed by atoms with Gasteiger partial charge in [-0.2, -0.15) is 0 Å². The number of unbranched alkanes of at least 4 members (excludes halogenated alkanes) is 1. The highest BCUT2D eigenvalue weighted by Crippen LogP contribution is 2.45. The summed E-state index contributed by atoms with van der Waals surface area (Å²) in [7, 11) is -11.5. The Labute approximate surface area is 188 Å². The predicted molar refractivity (Wildman–Crippen MR) is 131 cm³/mol. The third kappa shape index (κ3) is 6.71. The summed E-state index contributed by atoms with van der Waals surface area (Å²) in [5.74, 6) is -0.416.